The molecule has 2 amide bonds. The van der Waals surface area contributed by atoms with Crippen molar-refractivity contribution < 1.29 is 19.1 Å². The number of carbonyl (C=O) groups excluding carboxylic acids is 3. The maximum Gasteiger partial charge on any atom is 0.311 e. The van der Waals surface area contributed by atoms with Gasteiger partial charge in [0.2, 0.25) is 5.91 Å². The smallest absolute Gasteiger partial charge is 0.311 e. The van der Waals surface area contributed by atoms with E-state index in [0.717, 1.165) is 38.5 Å². The third kappa shape index (κ3) is 4.38. The highest BCUT2D eigenvalue weighted by Crippen LogP contribution is 2.35. The molecular formula is C20H32N2O4. The number of hydrogen-bond donors (Lipinski definition) is 1. The van der Waals surface area contributed by atoms with Crippen LogP contribution in [0.4, 0.5) is 0 Å². The first kappa shape index (κ1) is 19.2. The summed E-state index contributed by atoms with van der Waals surface area (Å²) in [6.45, 7) is 4.65. The molecule has 6 heteroatoms. The molecule has 1 saturated heterocycles. The number of hydrogen-bond acceptors (Lipinski definition) is 4. The standard InChI is InChI=1S/C20H32N2O4/c1-13-6-5-9-17(14(13)2)22-11-15(10-19(22)24)20(25)26-12-18(23)21-16-7-3-4-8-16/h13-17H,3-12H2,1-2H3,(H,21,23)/t13-,14+,15+,17-/m0/s1. The third-order valence-electron chi connectivity index (χ3n) is 6.62. The van der Waals surface area contributed by atoms with Crippen LogP contribution in [-0.4, -0.2) is 47.9 Å². The molecule has 26 heavy (non-hydrogen) atoms. The predicted molar refractivity (Wildman–Crippen MR) is 97.1 cm³/mol. The Bertz CT molecular complexity index is 544. The molecule has 6 nitrogen and oxygen atoms in total. The maximum absolute atomic E-state index is 12.4. The summed E-state index contributed by atoms with van der Waals surface area (Å²) in [5.74, 6) is 0.0195. The first-order valence-corrected chi connectivity index (χ1v) is 10.2. The van der Waals surface area contributed by atoms with E-state index in [4.69, 9.17) is 4.74 Å². The lowest BCUT2D eigenvalue weighted by molar-refractivity contribution is -0.152. The second-order valence-corrected chi connectivity index (χ2v) is 8.44. The fourth-order valence-electron chi connectivity index (χ4n) is 4.80. The molecule has 146 valence electrons. The molecule has 2 aliphatic carbocycles. The largest absolute Gasteiger partial charge is 0.455 e. The Morgan fingerprint density at radius 2 is 1.85 bits per heavy atom. The van der Waals surface area contributed by atoms with E-state index in [1.807, 2.05) is 4.90 Å². The molecular weight excluding hydrogens is 332 g/mol. The summed E-state index contributed by atoms with van der Waals surface area (Å²) in [6.07, 6.45) is 7.86. The Hall–Kier alpha value is -1.59. The predicted octanol–water partition coefficient (Wildman–Crippen LogP) is 2.26. The summed E-state index contributed by atoms with van der Waals surface area (Å²) >= 11 is 0. The van der Waals surface area contributed by atoms with Crippen molar-refractivity contribution in [2.24, 2.45) is 17.8 Å². The number of nitrogens with one attached hydrogen (secondary N) is 1. The highest BCUT2D eigenvalue weighted by atomic mass is 16.5. The van der Waals surface area contributed by atoms with E-state index in [1.165, 1.54) is 6.42 Å². The number of carbonyl (C=O) groups is 3. The zero-order valence-corrected chi connectivity index (χ0v) is 16.0. The monoisotopic (exact) mass is 364 g/mol. The van der Waals surface area contributed by atoms with Crippen molar-refractivity contribution in [2.45, 2.75) is 77.3 Å². The fourth-order valence-corrected chi connectivity index (χ4v) is 4.80. The third-order valence-corrected chi connectivity index (χ3v) is 6.62. The number of likely N-dealkylation sites (tertiary alicyclic amines) is 1. The average Bonchev–Trinajstić information content (AvgIpc) is 3.25. The van der Waals surface area contributed by atoms with E-state index in [9.17, 15) is 14.4 Å². The van der Waals surface area contributed by atoms with Crippen LogP contribution in [0, 0.1) is 17.8 Å². The maximum atomic E-state index is 12.4. The number of nitrogens with zero attached hydrogens (tertiary/aromatic N) is 1. The Morgan fingerprint density at radius 1 is 1.12 bits per heavy atom. The first-order chi connectivity index (χ1) is 12.5. The highest BCUT2D eigenvalue weighted by Gasteiger charge is 2.42. The molecule has 1 aliphatic heterocycles. The van der Waals surface area contributed by atoms with Crippen LogP contribution in [0.15, 0.2) is 0 Å². The summed E-state index contributed by atoms with van der Waals surface area (Å²) in [4.78, 5) is 38.6. The van der Waals surface area contributed by atoms with Crippen molar-refractivity contribution in [3.05, 3.63) is 0 Å². The quantitative estimate of drug-likeness (QED) is 0.759. The number of ether oxygens (including phenoxy) is 1. The Balaban J connectivity index is 1.46. The van der Waals surface area contributed by atoms with Gasteiger partial charge >= 0.3 is 5.97 Å². The highest BCUT2D eigenvalue weighted by molar-refractivity contribution is 5.88. The van der Waals surface area contributed by atoms with Gasteiger partial charge in [0.1, 0.15) is 0 Å². The van der Waals surface area contributed by atoms with E-state index in [-0.39, 0.29) is 36.9 Å². The summed E-state index contributed by atoms with van der Waals surface area (Å²) < 4.78 is 5.20. The lowest BCUT2D eigenvalue weighted by Gasteiger charge is -2.39. The van der Waals surface area contributed by atoms with Crippen molar-refractivity contribution in [1.29, 1.82) is 0 Å². The van der Waals surface area contributed by atoms with Crippen LogP contribution in [0.5, 0.6) is 0 Å². The molecule has 3 rings (SSSR count). The van der Waals surface area contributed by atoms with Crippen LogP contribution >= 0.6 is 0 Å². The molecule has 3 fully saturated rings. The van der Waals surface area contributed by atoms with Crippen molar-refractivity contribution in [2.75, 3.05) is 13.2 Å². The van der Waals surface area contributed by atoms with E-state index in [1.54, 1.807) is 0 Å². The van der Waals surface area contributed by atoms with Gasteiger partial charge in [-0.25, -0.2) is 0 Å². The van der Waals surface area contributed by atoms with Gasteiger partial charge in [-0.1, -0.05) is 39.5 Å². The fraction of sp³-hybridized carbons (Fsp3) is 0.850. The molecule has 4 atom stereocenters. The van der Waals surface area contributed by atoms with Gasteiger partial charge in [0.25, 0.3) is 5.91 Å². The summed E-state index contributed by atoms with van der Waals surface area (Å²) in [5.41, 5.74) is 0. The number of amides is 2. The molecule has 0 bridgehead atoms. The molecule has 1 heterocycles. The normalized spacial score (nSPS) is 32.7. The zero-order valence-electron chi connectivity index (χ0n) is 16.0. The zero-order chi connectivity index (χ0) is 18.7. The summed E-state index contributed by atoms with van der Waals surface area (Å²) in [6, 6.07) is 0.453. The van der Waals surface area contributed by atoms with Gasteiger partial charge in [-0.2, -0.15) is 0 Å². The number of esters is 1. The minimum absolute atomic E-state index is 0.0494. The van der Waals surface area contributed by atoms with E-state index in [0.29, 0.717) is 18.4 Å². The Kier molecular flexibility index (Phi) is 6.20. The van der Waals surface area contributed by atoms with Gasteiger partial charge in [-0.3, -0.25) is 14.4 Å². The first-order valence-electron chi connectivity index (χ1n) is 10.2. The van der Waals surface area contributed by atoms with Gasteiger partial charge < -0.3 is 15.0 Å². The molecule has 1 N–H and O–H groups in total. The minimum atomic E-state index is -0.439. The average molecular weight is 364 g/mol. The van der Waals surface area contributed by atoms with Crippen LogP contribution in [0.25, 0.3) is 0 Å². The van der Waals surface area contributed by atoms with E-state index < -0.39 is 11.9 Å². The van der Waals surface area contributed by atoms with Crippen LogP contribution in [0.3, 0.4) is 0 Å². The molecule has 0 aromatic carbocycles. The topological polar surface area (TPSA) is 75.7 Å². The van der Waals surface area contributed by atoms with Crippen LogP contribution < -0.4 is 5.32 Å². The Morgan fingerprint density at radius 3 is 2.58 bits per heavy atom. The van der Waals surface area contributed by atoms with Crippen molar-refractivity contribution in [1.82, 2.24) is 10.2 Å². The molecule has 0 spiro atoms. The number of rotatable bonds is 5. The molecule has 0 aromatic heterocycles. The van der Waals surface area contributed by atoms with Gasteiger partial charge in [-0.05, 0) is 31.1 Å². The van der Waals surface area contributed by atoms with Crippen LogP contribution in [0.2, 0.25) is 0 Å². The van der Waals surface area contributed by atoms with Crippen molar-refractivity contribution in [3.63, 3.8) is 0 Å². The van der Waals surface area contributed by atoms with Crippen molar-refractivity contribution >= 4 is 17.8 Å². The van der Waals surface area contributed by atoms with Crippen LogP contribution in [0.1, 0.15) is 65.2 Å². The Labute approximate surface area is 156 Å². The van der Waals surface area contributed by atoms with Crippen LogP contribution in [-0.2, 0) is 19.1 Å². The second-order valence-electron chi connectivity index (χ2n) is 8.44. The second kappa shape index (κ2) is 8.40. The van der Waals surface area contributed by atoms with E-state index >= 15 is 0 Å². The van der Waals surface area contributed by atoms with Crippen molar-refractivity contribution in [3.8, 4) is 0 Å². The molecule has 3 aliphatic rings. The summed E-state index contributed by atoms with van der Waals surface area (Å²) in [5, 5.41) is 2.91. The van der Waals surface area contributed by atoms with Gasteiger partial charge in [0.05, 0.1) is 5.92 Å². The van der Waals surface area contributed by atoms with Gasteiger partial charge in [-0.15, -0.1) is 0 Å². The van der Waals surface area contributed by atoms with Gasteiger partial charge in [0, 0.05) is 25.0 Å². The molecule has 2 saturated carbocycles. The minimum Gasteiger partial charge on any atom is -0.455 e. The summed E-state index contributed by atoms with van der Waals surface area (Å²) in [7, 11) is 0. The molecule has 0 unspecified atom stereocenters. The van der Waals surface area contributed by atoms with E-state index in [2.05, 4.69) is 19.2 Å². The SMILES string of the molecule is C[C@@H]1[C@@H](C)CCC[C@@H]1N1C[C@H](C(=O)OCC(=O)NC2CCCC2)CC1=O. The lowest BCUT2D eigenvalue weighted by Crippen LogP contribution is -2.45. The molecule has 0 aromatic rings. The lowest BCUT2D eigenvalue weighted by atomic mass is 9.77. The molecule has 0 radical (unpaired) electrons. The van der Waals surface area contributed by atoms with Gasteiger partial charge in [0.15, 0.2) is 6.61 Å².